The first-order valence-corrected chi connectivity index (χ1v) is 12.5. The Balaban J connectivity index is 0.000000177. The van der Waals surface area contributed by atoms with E-state index in [9.17, 15) is 24.9 Å². The molecule has 200 valence electrons. The second-order valence-electron chi connectivity index (χ2n) is 10.1. The van der Waals surface area contributed by atoms with Gasteiger partial charge in [-0.2, -0.15) is 0 Å². The lowest BCUT2D eigenvalue weighted by molar-refractivity contribution is 0.265. The predicted octanol–water partition coefficient (Wildman–Crippen LogP) is 5.79. The maximum Gasteiger partial charge on any atom is 0.196 e. The van der Waals surface area contributed by atoms with E-state index in [4.69, 9.17) is 13.6 Å². The minimum absolute atomic E-state index is 0.00958. The van der Waals surface area contributed by atoms with Gasteiger partial charge in [0, 0.05) is 35.4 Å². The molecule has 0 spiro atoms. The first-order chi connectivity index (χ1) is 18.0. The zero-order valence-corrected chi connectivity index (χ0v) is 22.2. The second-order valence-corrected chi connectivity index (χ2v) is 10.1. The molecule has 8 nitrogen and oxygen atoms in total. The highest BCUT2D eigenvalue weighted by atomic mass is 16.5. The average Bonchev–Trinajstić information content (AvgIpc) is 2.99. The lowest BCUT2D eigenvalue weighted by atomic mass is 10.00. The summed E-state index contributed by atoms with van der Waals surface area (Å²) in [6, 6.07) is 5.81. The van der Waals surface area contributed by atoms with Crippen LogP contribution in [0.5, 0.6) is 23.0 Å². The van der Waals surface area contributed by atoms with E-state index >= 15 is 0 Å². The second kappa shape index (κ2) is 10.7. The zero-order valence-electron chi connectivity index (χ0n) is 22.2. The van der Waals surface area contributed by atoms with Crippen molar-refractivity contribution in [1.29, 1.82) is 0 Å². The Kier molecular flexibility index (Phi) is 7.53. The van der Waals surface area contributed by atoms with Crippen molar-refractivity contribution in [3.8, 4) is 23.0 Å². The minimum Gasteiger partial charge on any atom is -0.507 e. The van der Waals surface area contributed by atoms with Gasteiger partial charge in [-0.25, -0.2) is 0 Å². The molecule has 0 saturated heterocycles. The molecular formula is C30H32O8. The quantitative estimate of drug-likeness (QED) is 0.283. The van der Waals surface area contributed by atoms with E-state index in [1.807, 2.05) is 19.9 Å². The molecule has 0 aliphatic carbocycles. The van der Waals surface area contributed by atoms with E-state index < -0.39 is 0 Å². The van der Waals surface area contributed by atoms with Crippen LogP contribution in [0.1, 0.15) is 49.8 Å². The number of rotatable bonds is 2. The Hall–Kier alpha value is -4.20. The van der Waals surface area contributed by atoms with E-state index in [1.54, 1.807) is 19.9 Å². The van der Waals surface area contributed by atoms with Crippen LogP contribution < -0.4 is 15.6 Å². The number of phenols is 3. The van der Waals surface area contributed by atoms with E-state index in [0.717, 1.165) is 12.0 Å². The molecule has 2 aromatic carbocycles. The molecule has 1 aliphatic heterocycles. The molecule has 0 bridgehead atoms. The molecule has 0 radical (unpaired) electrons. The Morgan fingerprint density at radius 3 is 2.11 bits per heavy atom. The lowest BCUT2D eigenvalue weighted by Gasteiger charge is -2.11. The zero-order chi connectivity index (χ0) is 27.7. The summed E-state index contributed by atoms with van der Waals surface area (Å²) in [7, 11) is 0. The predicted molar refractivity (Wildman–Crippen MR) is 146 cm³/mol. The largest absolute Gasteiger partial charge is 0.507 e. The molecule has 0 saturated carbocycles. The molecule has 0 amide bonds. The molecular weight excluding hydrogens is 488 g/mol. The van der Waals surface area contributed by atoms with Gasteiger partial charge in [0.1, 0.15) is 56.5 Å². The van der Waals surface area contributed by atoms with Gasteiger partial charge >= 0.3 is 0 Å². The van der Waals surface area contributed by atoms with Crippen LogP contribution in [-0.2, 0) is 12.8 Å². The first-order valence-electron chi connectivity index (χ1n) is 12.5. The van der Waals surface area contributed by atoms with Gasteiger partial charge in [0.05, 0.1) is 6.61 Å². The minimum atomic E-state index is -0.310. The van der Waals surface area contributed by atoms with Crippen LogP contribution in [0, 0.1) is 19.8 Å². The van der Waals surface area contributed by atoms with Gasteiger partial charge in [-0.15, -0.1) is 0 Å². The summed E-state index contributed by atoms with van der Waals surface area (Å²) in [6.45, 7) is 9.93. The molecule has 1 unspecified atom stereocenters. The summed E-state index contributed by atoms with van der Waals surface area (Å²) in [5.74, 6) is 1.75. The van der Waals surface area contributed by atoms with Crippen LogP contribution >= 0.6 is 0 Å². The summed E-state index contributed by atoms with van der Waals surface area (Å²) in [5, 5.41) is 30.8. The van der Waals surface area contributed by atoms with E-state index in [-0.39, 0.29) is 44.5 Å². The van der Waals surface area contributed by atoms with E-state index in [0.29, 0.717) is 59.3 Å². The van der Waals surface area contributed by atoms with Gasteiger partial charge in [0.25, 0.3) is 0 Å². The summed E-state index contributed by atoms with van der Waals surface area (Å²) >= 11 is 0. The van der Waals surface area contributed by atoms with Crippen LogP contribution in [0.3, 0.4) is 0 Å². The standard InChI is InChI=1S/2C15H16O4/c1-8-3-4-10-12(18-7-8)6-13-14(15(10)17)11(16)5-9(2)19-13;1-8(2)4-5-10-11(16)7-13-14(15(10)18)12(17)6-9(3)19-13/h5-6,8,17H,3-4,7H2,1-2H3;4,6-7,16,18H,5H2,1-3H3. The summed E-state index contributed by atoms with van der Waals surface area (Å²) in [4.78, 5) is 23.9. The van der Waals surface area contributed by atoms with Crippen molar-refractivity contribution in [2.24, 2.45) is 5.92 Å². The van der Waals surface area contributed by atoms with Crippen LogP contribution in [0.25, 0.3) is 21.9 Å². The van der Waals surface area contributed by atoms with Gasteiger partial charge in [-0.3, -0.25) is 9.59 Å². The van der Waals surface area contributed by atoms with Gasteiger partial charge in [-0.05, 0) is 52.9 Å². The summed E-state index contributed by atoms with van der Waals surface area (Å²) < 4.78 is 16.6. The number of phenolic OH excluding ortho intramolecular Hbond substituents is 3. The highest BCUT2D eigenvalue weighted by Crippen LogP contribution is 2.38. The van der Waals surface area contributed by atoms with Crippen LogP contribution in [-0.4, -0.2) is 21.9 Å². The lowest BCUT2D eigenvalue weighted by Crippen LogP contribution is -2.05. The third-order valence-electron chi connectivity index (χ3n) is 6.50. The van der Waals surface area contributed by atoms with E-state index in [2.05, 4.69) is 6.92 Å². The number of aromatic hydroxyl groups is 3. The fourth-order valence-electron chi connectivity index (χ4n) is 4.48. The van der Waals surface area contributed by atoms with Crippen molar-refractivity contribution in [1.82, 2.24) is 0 Å². The van der Waals surface area contributed by atoms with Crippen molar-refractivity contribution in [2.75, 3.05) is 6.61 Å². The fraction of sp³-hybridized carbons (Fsp3) is 0.333. The summed E-state index contributed by atoms with van der Waals surface area (Å²) in [5.41, 5.74) is 2.18. The van der Waals surface area contributed by atoms with Crippen molar-refractivity contribution < 1.29 is 28.9 Å². The highest BCUT2D eigenvalue weighted by Gasteiger charge is 2.22. The average molecular weight is 521 g/mol. The molecule has 1 atom stereocenters. The normalized spacial score (nSPS) is 14.7. The van der Waals surface area contributed by atoms with Crippen molar-refractivity contribution >= 4 is 21.9 Å². The topological polar surface area (TPSA) is 130 Å². The third kappa shape index (κ3) is 5.39. The Labute approximate surface area is 219 Å². The highest BCUT2D eigenvalue weighted by molar-refractivity contribution is 5.87. The Morgan fingerprint density at radius 1 is 0.921 bits per heavy atom. The van der Waals surface area contributed by atoms with E-state index in [1.165, 1.54) is 18.2 Å². The molecule has 4 aromatic rings. The third-order valence-corrected chi connectivity index (χ3v) is 6.50. The Morgan fingerprint density at radius 2 is 1.50 bits per heavy atom. The van der Waals surface area contributed by atoms with Gasteiger partial charge < -0.3 is 28.9 Å². The number of hydrogen-bond donors (Lipinski definition) is 3. The molecule has 2 aromatic heterocycles. The Bertz CT molecular complexity index is 1670. The number of benzene rings is 2. The smallest absolute Gasteiger partial charge is 0.196 e. The van der Waals surface area contributed by atoms with Gasteiger partial charge in [-0.1, -0.05) is 18.6 Å². The van der Waals surface area contributed by atoms with Gasteiger partial charge in [0.15, 0.2) is 10.9 Å². The molecule has 0 fully saturated rings. The molecule has 38 heavy (non-hydrogen) atoms. The maximum atomic E-state index is 12.0. The number of allylic oxidation sites excluding steroid dienone is 2. The number of fused-ring (bicyclic) bond motifs is 3. The molecule has 1 aliphatic rings. The molecule has 5 rings (SSSR count). The van der Waals surface area contributed by atoms with Crippen molar-refractivity contribution in [3.05, 3.63) is 79.0 Å². The molecule has 8 heteroatoms. The fourth-order valence-corrected chi connectivity index (χ4v) is 4.48. The number of aryl methyl sites for hydroxylation is 2. The number of ether oxygens (including phenoxy) is 1. The monoisotopic (exact) mass is 520 g/mol. The van der Waals surface area contributed by atoms with Crippen LogP contribution in [0.2, 0.25) is 0 Å². The van der Waals surface area contributed by atoms with Crippen molar-refractivity contribution in [2.45, 2.75) is 53.9 Å². The maximum absolute atomic E-state index is 12.0. The first kappa shape index (κ1) is 26.9. The number of hydrogen-bond acceptors (Lipinski definition) is 8. The summed E-state index contributed by atoms with van der Waals surface area (Å²) in [6.07, 6.45) is 3.88. The molecule has 3 N–H and O–H groups in total. The van der Waals surface area contributed by atoms with Crippen LogP contribution in [0.4, 0.5) is 0 Å². The molecule has 3 heterocycles. The van der Waals surface area contributed by atoms with Crippen LogP contribution in [0.15, 0.2) is 54.3 Å². The van der Waals surface area contributed by atoms with Crippen molar-refractivity contribution in [3.63, 3.8) is 0 Å². The van der Waals surface area contributed by atoms with Gasteiger partial charge in [0.2, 0.25) is 0 Å². The SMILES string of the molecule is CC(C)=CCc1c(O)cc2oc(C)cc(=O)c2c1O.Cc1cc(=O)c2c(O)c3c(cc2o1)OCC(C)CC3.